The van der Waals surface area contributed by atoms with Crippen LogP contribution in [0.1, 0.15) is 31.2 Å². The normalized spacial score (nSPS) is 13.3. The minimum atomic E-state index is -0.599. The van der Waals surface area contributed by atoms with E-state index in [1.165, 1.54) is 0 Å². The Morgan fingerprint density at radius 2 is 1.74 bits per heavy atom. The predicted octanol–water partition coefficient (Wildman–Crippen LogP) is 4.38. The van der Waals surface area contributed by atoms with Crippen molar-refractivity contribution in [3.63, 3.8) is 0 Å². The Kier molecular flexibility index (Phi) is 4.50. The number of aromatic nitrogens is 1. The molecule has 0 saturated carbocycles. The molecule has 2 unspecified atom stereocenters. The van der Waals surface area contributed by atoms with Crippen LogP contribution in [0.15, 0.2) is 60.7 Å². The summed E-state index contributed by atoms with van der Waals surface area (Å²) >= 11 is 0. The van der Waals surface area contributed by atoms with Gasteiger partial charge in [-0.05, 0) is 43.5 Å². The van der Waals surface area contributed by atoms with Crippen molar-refractivity contribution in [2.45, 2.75) is 26.5 Å². The zero-order valence-corrected chi connectivity index (χ0v) is 13.5. The van der Waals surface area contributed by atoms with Crippen molar-refractivity contribution in [2.75, 3.05) is 0 Å². The van der Waals surface area contributed by atoms with E-state index < -0.39 is 6.10 Å². The molecule has 3 rings (SSSR count). The summed E-state index contributed by atoms with van der Waals surface area (Å²) in [4.78, 5) is 0. The van der Waals surface area contributed by atoms with E-state index in [0.29, 0.717) is 0 Å². The maximum absolute atomic E-state index is 10.8. The maximum Gasteiger partial charge on any atom is 0.107 e. The molecule has 0 saturated heterocycles. The number of para-hydroxylation sites is 1. The molecule has 0 aliphatic rings. The molecule has 1 aromatic heterocycles. The second-order valence-corrected chi connectivity index (χ2v) is 5.74. The highest BCUT2D eigenvalue weighted by Crippen LogP contribution is 2.28. The molecule has 0 bridgehead atoms. The molecule has 2 heteroatoms. The number of nitrogens with zero attached hydrogens (tertiary/aromatic N) is 1. The van der Waals surface area contributed by atoms with Gasteiger partial charge < -0.3 is 9.67 Å². The summed E-state index contributed by atoms with van der Waals surface area (Å²) in [6, 6.07) is 20.2. The Morgan fingerprint density at radius 1 is 1.04 bits per heavy atom. The molecule has 116 valence electrons. The average molecular weight is 303 g/mol. The summed E-state index contributed by atoms with van der Waals surface area (Å²) in [5.74, 6) is 6.19. The van der Waals surface area contributed by atoms with Gasteiger partial charge in [-0.15, -0.1) is 0 Å². The molecular formula is C21H21NO. The lowest BCUT2D eigenvalue weighted by atomic mass is 10.0. The van der Waals surface area contributed by atoms with Gasteiger partial charge in [-0.3, -0.25) is 0 Å². The molecule has 2 aromatic carbocycles. The van der Waals surface area contributed by atoms with Crippen LogP contribution in [0, 0.1) is 17.8 Å². The second-order valence-electron chi connectivity index (χ2n) is 5.74. The molecule has 0 spiro atoms. The van der Waals surface area contributed by atoms with E-state index in [0.717, 1.165) is 28.7 Å². The molecule has 0 amide bonds. The Bertz CT molecular complexity index is 852. The van der Waals surface area contributed by atoms with Crippen LogP contribution in [0.25, 0.3) is 10.9 Å². The van der Waals surface area contributed by atoms with Gasteiger partial charge in [0.25, 0.3) is 0 Å². The SMILES string of the molecule is CCn1c(C(O)C(C)C#Cc2ccccc2)cc2ccccc21. The zero-order chi connectivity index (χ0) is 16.2. The van der Waals surface area contributed by atoms with E-state index in [1.807, 2.05) is 49.4 Å². The fourth-order valence-electron chi connectivity index (χ4n) is 2.88. The van der Waals surface area contributed by atoms with E-state index in [-0.39, 0.29) is 5.92 Å². The van der Waals surface area contributed by atoms with Crippen molar-refractivity contribution >= 4 is 10.9 Å². The van der Waals surface area contributed by atoms with Crippen LogP contribution >= 0.6 is 0 Å². The molecule has 0 aliphatic heterocycles. The molecule has 2 nitrogen and oxygen atoms in total. The third-order valence-corrected chi connectivity index (χ3v) is 4.15. The number of aliphatic hydroxyl groups excluding tert-OH is 1. The lowest BCUT2D eigenvalue weighted by Crippen LogP contribution is -2.12. The smallest absolute Gasteiger partial charge is 0.107 e. The number of hydrogen-bond acceptors (Lipinski definition) is 1. The monoisotopic (exact) mass is 303 g/mol. The van der Waals surface area contributed by atoms with Crippen LogP contribution in [-0.2, 0) is 6.54 Å². The quantitative estimate of drug-likeness (QED) is 0.714. The van der Waals surface area contributed by atoms with Gasteiger partial charge in [0.05, 0.1) is 0 Å². The van der Waals surface area contributed by atoms with Crippen LogP contribution in [0.5, 0.6) is 0 Å². The summed E-state index contributed by atoms with van der Waals surface area (Å²) in [5, 5.41) is 11.9. The van der Waals surface area contributed by atoms with Crippen LogP contribution in [0.3, 0.4) is 0 Å². The molecule has 0 fully saturated rings. The Balaban J connectivity index is 1.91. The van der Waals surface area contributed by atoms with Crippen molar-refractivity contribution in [3.05, 3.63) is 71.9 Å². The van der Waals surface area contributed by atoms with Crippen LogP contribution in [0.4, 0.5) is 0 Å². The molecular weight excluding hydrogens is 282 g/mol. The molecule has 1 heterocycles. The molecule has 23 heavy (non-hydrogen) atoms. The topological polar surface area (TPSA) is 25.2 Å². The van der Waals surface area contributed by atoms with Crippen LogP contribution in [0.2, 0.25) is 0 Å². The third-order valence-electron chi connectivity index (χ3n) is 4.15. The van der Waals surface area contributed by atoms with E-state index in [1.54, 1.807) is 0 Å². The molecule has 0 aliphatic carbocycles. The molecule has 0 radical (unpaired) electrons. The van der Waals surface area contributed by atoms with E-state index in [4.69, 9.17) is 0 Å². The van der Waals surface area contributed by atoms with Crippen molar-refractivity contribution in [1.29, 1.82) is 0 Å². The van der Waals surface area contributed by atoms with Gasteiger partial charge in [-0.1, -0.05) is 48.2 Å². The summed E-state index contributed by atoms with van der Waals surface area (Å²) in [6.45, 7) is 4.90. The third kappa shape index (κ3) is 3.16. The van der Waals surface area contributed by atoms with Gasteiger partial charge in [0.15, 0.2) is 0 Å². The van der Waals surface area contributed by atoms with Crippen molar-refractivity contribution in [3.8, 4) is 11.8 Å². The summed E-state index contributed by atoms with van der Waals surface area (Å²) in [7, 11) is 0. The summed E-state index contributed by atoms with van der Waals surface area (Å²) < 4.78 is 2.17. The molecule has 3 aromatic rings. The van der Waals surface area contributed by atoms with E-state index >= 15 is 0 Å². The highest BCUT2D eigenvalue weighted by Gasteiger charge is 2.19. The summed E-state index contributed by atoms with van der Waals surface area (Å²) in [5.41, 5.74) is 3.07. The highest BCUT2D eigenvalue weighted by molar-refractivity contribution is 5.81. The van der Waals surface area contributed by atoms with Crippen LogP contribution < -0.4 is 0 Å². The first-order valence-corrected chi connectivity index (χ1v) is 8.03. The molecule has 1 N–H and O–H groups in total. The standard InChI is InChI=1S/C21H21NO/c1-3-22-19-12-8-7-11-18(19)15-20(22)21(23)16(2)13-14-17-9-5-4-6-10-17/h4-12,15-16,21,23H,3H2,1-2H3. The minimum absolute atomic E-state index is 0.134. The Morgan fingerprint density at radius 3 is 2.48 bits per heavy atom. The Labute approximate surface area is 137 Å². The lowest BCUT2D eigenvalue weighted by Gasteiger charge is -2.16. The number of fused-ring (bicyclic) bond motifs is 1. The van der Waals surface area contributed by atoms with E-state index in [9.17, 15) is 5.11 Å². The first-order valence-electron chi connectivity index (χ1n) is 8.03. The van der Waals surface area contributed by atoms with Gasteiger partial charge in [0.1, 0.15) is 6.10 Å². The fraction of sp³-hybridized carbons (Fsp3) is 0.238. The van der Waals surface area contributed by atoms with Crippen molar-refractivity contribution < 1.29 is 5.11 Å². The predicted molar refractivity (Wildman–Crippen MR) is 95.1 cm³/mol. The average Bonchev–Trinajstić information content (AvgIpc) is 2.98. The molecule has 2 atom stereocenters. The Hall–Kier alpha value is -2.50. The van der Waals surface area contributed by atoms with Crippen molar-refractivity contribution in [2.24, 2.45) is 5.92 Å². The van der Waals surface area contributed by atoms with Crippen LogP contribution in [-0.4, -0.2) is 9.67 Å². The van der Waals surface area contributed by atoms with Gasteiger partial charge in [-0.25, -0.2) is 0 Å². The number of aryl methyl sites for hydroxylation is 1. The maximum atomic E-state index is 10.8. The first-order chi connectivity index (χ1) is 11.2. The highest BCUT2D eigenvalue weighted by atomic mass is 16.3. The van der Waals surface area contributed by atoms with E-state index in [2.05, 4.69) is 41.5 Å². The van der Waals surface area contributed by atoms with Crippen molar-refractivity contribution in [1.82, 2.24) is 4.57 Å². The number of hydrogen-bond donors (Lipinski definition) is 1. The fourth-order valence-corrected chi connectivity index (χ4v) is 2.88. The van der Waals surface area contributed by atoms with Gasteiger partial charge in [0.2, 0.25) is 0 Å². The lowest BCUT2D eigenvalue weighted by molar-refractivity contribution is 0.135. The zero-order valence-electron chi connectivity index (χ0n) is 13.5. The van der Waals surface area contributed by atoms with Gasteiger partial charge >= 0.3 is 0 Å². The minimum Gasteiger partial charge on any atom is -0.386 e. The number of benzene rings is 2. The van der Waals surface area contributed by atoms with Gasteiger partial charge in [-0.2, -0.15) is 0 Å². The largest absolute Gasteiger partial charge is 0.386 e. The number of rotatable bonds is 3. The number of aliphatic hydroxyl groups is 1. The first kappa shape index (κ1) is 15.4. The van der Waals surface area contributed by atoms with Gasteiger partial charge in [0, 0.05) is 29.2 Å². The summed E-state index contributed by atoms with van der Waals surface area (Å²) in [6.07, 6.45) is -0.599. The second kappa shape index (κ2) is 6.73.